The molecule has 0 N–H and O–H groups in total. The van der Waals surface area contributed by atoms with Gasteiger partial charge < -0.3 is 0 Å². The SMILES string of the molecule is O=C([C@H]1CCCN1S(=O)(=O)c1cccs1)N1CCCCO1. The van der Waals surface area contributed by atoms with Crippen molar-refractivity contribution >= 4 is 27.3 Å². The first-order valence-electron chi connectivity index (χ1n) is 7.10. The third-order valence-corrected chi connectivity index (χ3v) is 7.08. The Morgan fingerprint density at radius 2 is 2.14 bits per heavy atom. The fraction of sp³-hybridized carbons (Fsp3) is 0.615. The van der Waals surface area contributed by atoms with E-state index in [-0.39, 0.29) is 5.91 Å². The van der Waals surface area contributed by atoms with Gasteiger partial charge in [0.25, 0.3) is 15.9 Å². The van der Waals surface area contributed by atoms with Crippen molar-refractivity contribution < 1.29 is 18.0 Å². The summed E-state index contributed by atoms with van der Waals surface area (Å²) in [6, 6.07) is 2.66. The molecule has 2 fully saturated rings. The number of carbonyl (C=O) groups is 1. The van der Waals surface area contributed by atoms with E-state index in [4.69, 9.17) is 4.84 Å². The molecular weight excluding hydrogens is 312 g/mol. The molecule has 0 saturated carbocycles. The van der Waals surface area contributed by atoms with Gasteiger partial charge in [-0.25, -0.2) is 13.5 Å². The lowest BCUT2D eigenvalue weighted by Crippen LogP contribution is -2.48. The van der Waals surface area contributed by atoms with Gasteiger partial charge in [-0.05, 0) is 37.1 Å². The summed E-state index contributed by atoms with van der Waals surface area (Å²) < 4.78 is 26.9. The molecule has 116 valence electrons. The van der Waals surface area contributed by atoms with Gasteiger partial charge in [0.05, 0.1) is 6.61 Å². The molecule has 3 rings (SSSR count). The largest absolute Gasteiger partial charge is 0.271 e. The first-order chi connectivity index (χ1) is 10.1. The minimum absolute atomic E-state index is 0.229. The predicted octanol–water partition coefficient (Wildman–Crippen LogP) is 1.46. The molecule has 1 amide bonds. The average Bonchev–Trinajstić information content (AvgIpc) is 3.19. The maximum absolute atomic E-state index is 12.6. The van der Waals surface area contributed by atoms with Gasteiger partial charge in [-0.15, -0.1) is 11.3 Å². The number of hydroxylamine groups is 2. The highest BCUT2D eigenvalue weighted by Crippen LogP contribution is 2.29. The summed E-state index contributed by atoms with van der Waals surface area (Å²) in [5, 5.41) is 3.07. The highest BCUT2D eigenvalue weighted by atomic mass is 32.2. The van der Waals surface area contributed by atoms with Crippen molar-refractivity contribution in [3.8, 4) is 0 Å². The number of hydrogen-bond acceptors (Lipinski definition) is 5. The molecule has 3 heterocycles. The summed E-state index contributed by atoms with van der Waals surface area (Å²) >= 11 is 1.18. The first kappa shape index (κ1) is 15.0. The minimum atomic E-state index is -3.58. The number of nitrogens with zero attached hydrogens (tertiary/aromatic N) is 2. The second kappa shape index (κ2) is 6.04. The summed E-state index contributed by atoms with van der Waals surface area (Å²) in [5.41, 5.74) is 0. The number of thiophene rings is 1. The third kappa shape index (κ3) is 2.85. The molecule has 0 radical (unpaired) electrons. The molecule has 2 aliphatic heterocycles. The smallest absolute Gasteiger partial charge is 0.264 e. The summed E-state index contributed by atoms with van der Waals surface area (Å²) in [6.45, 7) is 1.46. The van der Waals surface area contributed by atoms with Crippen molar-refractivity contribution in [1.29, 1.82) is 0 Å². The Morgan fingerprint density at radius 1 is 1.29 bits per heavy atom. The standard InChI is InChI=1S/C13H18N2O4S2/c16-13(14-7-1-2-9-19-14)11-5-3-8-15(11)21(17,18)12-6-4-10-20-12/h4,6,10-11H,1-3,5,7-9H2/t11-/m1/s1. The van der Waals surface area contributed by atoms with Crippen molar-refractivity contribution in [1.82, 2.24) is 9.37 Å². The minimum Gasteiger partial charge on any atom is -0.271 e. The predicted molar refractivity (Wildman–Crippen MR) is 78.1 cm³/mol. The van der Waals surface area contributed by atoms with E-state index in [0.717, 1.165) is 12.8 Å². The first-order valence-corrected chi connectivity index (χ1v) is 9.42. The van der Waals surface area contributed by atoms with Crippen LogP contribution < -0.4 is 0 Å². The van der Waals surface area contributed by atoms with Crippen LogP contribution in [0.25, 0.3) is 0 Å². The second-order valence-corrected chi connectivity index (χ2v) is 8.25. The van der Waals surface area contributed by atoms with Crippen molar-refractivity contribution in [3.05, 3.63) is 17.5 Å². The zero-order chi connectivity index (χ0) is 14.9. The van der Waals surface area contributed by atoms with Gasteiger partial charge in [-0.1, -0.05) is 6.07 Å². The van der Waals surface area contributed by atoms with E-state index < -0.39 is 16.1 Å². The second-order valence-electron chi connectivity index (χ2n) is 5.19. The molecule has 0 bridgehead atoms. The molecule has 0 unspecified atom stereocenters. The maximum atomic E-state index is 12.6. The van der Waals surface area contributed by atoms with E-state index in [0.29, 0.717) is 36.7 Å². The monoisotopic (exact) mass is 330 g/mol. The summed E-state index contributed by atoms with van der Waals surface area (Å²) in [7, 11) is -3.58. The van der Waals surface area contributed by atoms with Crippen LogP contribution in [-0.4, -0.2) is 49.4 Å². The zero-order valence-electron chi connectivity index (χ0n) is 11.6. The van der Waals surface area contributed by atoms with Gasteiger partial charge in [-0.2, -0.15) is 4.31 Å². The number of amides is 1. The van der Waals surface area contributed by atoms with E-state index in [2.05, 4.69) is 0 Å². The maximum Gasteiger partial charge on any atom is 0.264 e. The molecule has 2 saturated heterocycles. The Labute approximate surface area is 128 Å². The molecule has 1 aromatic heterocycles. The molecule has 0 spiro atoms. The number of hydrogen-bond donors (Lipinski definition) is 0. The molecule has 0 aromatic carbocycles. The van der Waals surface area contributed by atoms with Crippen LogP contribution in [0.4, 0.5) is 0 Å². The molecule has 21 heavy (non-hydrogen) atoms. The fourth-order valence-corrected chi connectivity index (χ4v) is 5.51. The zero-order valence-corrected chi connectivity index (χ0v) is 13.2. The van der Waals surface area contributed by atoms with E-state index in [1.807, 2.05) is 0 Å². The van der Waals surface area contributed by atoms with E-state index in [1.54, 1.807) is 17.5 Å². The van der Waals surface area contributed by atoms with Crippen molar-refractivity contribution in [2.24, 2.45) is 0 Å². The fourth-order valence-electron chi connectivity index (χ4n) is 2.74. The lowest BCUT2D eigenvalue weighted by atomic mass is 10.2. The van der Waals surface area contributed by atoms with Crippen LogP contribution in [0, 0.1) is 0 Å². The van der Waals surface area contributed by atoms with Crippen molar-refractivity contribution in [3.63, 3.8) is 0 Å². The molecule has 6 nitrogen and oxygen atoms in total. The van der Waals surface area contributed by atoms with Gasteiger partial charge in [0.1, 0.15) is 10.3 Å². The average molecular weight is 330 g/mol. The Hall–Kier alpha value is -0.960. The summed E-state index contributed by atoms with van der Waals surface area (Å²) in [5.74, 6) is -0.229. The van der Waals surface area contributed by atoms with Crippen LogP contribution >= 0.6 is 11.3 Å². The molecule has 1 atom stereocenters. The van der Waals surface area contributed by atoms with Gasteiger partial charge in [0.2, 0.25) is 0 Å². The van der Waals surface area contributed by atoms with Crippen LogP contribution in [0.15, 0.2) is 21.7 Å². The van der Waals surface area contributed by atoms with Crippen molar-refractivity contribution in [2.75, 3.05) is 19.7 Å². The summed E-state index contributed by atoms with van der Waals surface area (Å²) in [4.78, 5) is 17.9. The molecular formula is C13H18N2O4S2. The lowest BCUT2D eigenvalue weighted by Gasteiger charge is -2.31. The van der Waals surface area contributed by atoms with E-state index in [9.17, 15) is 13.2 Å². The van der Waals surface area contributed by atoms with Gasteiger partial charge >= 0.3 is 0 Å². The highest BCUT2D eigenvalue weighted by Gasteiger charge is 2.42. The third-order valence-electron chi connectivity index (χ3n) is 3.80. The number of carbonyl (C=O) groups excluding carboxylic acids is 1. The quantitative estimate of drug-likeness (QED) is 0.841. The van der Waals surface area contributed by atoms with Gasteiger partial charge in [0.15, 0.2) is 0 Å². The number of rotatable bonds is 3. The Kier molecular flexibility index (Phi) is 4.30. The Bertz CT molecular complexity index is 594. The molecule has 1 aromatic rings. The Morgan fingerprint density at radius 3 is 2.81 bits per heavy atom. The Balaban J connectivity index is 1.81. The molecule has 0 aliphatic carbocycles. The van der Waals surface area contributed by atoms with Gasteiger partial charge in [0, 0.05) is 13.1 Å². The normalized spacial score (nSPS) is 24.4. The van der Waals surface area contributed by atoms with Crippen LogP contribution in [0.1, 0.15) is 25.7 Å². The van der Waals surface area contributed by atoms with Gasteiger partial charge in [-0.3, -0.25) is 9.63 Å². The highest BCUT2D eigenvalue weighted by molar-refractivity contribution is 7.91. The van der Waals surface area contributed by atoms with Crippen LogP contribution in [0.3, 0.4) is 0 Å². The lowest BCUT2D eigenvalue weighted by molar-refractivity contribution is -0.200. The number of sulfonamides is 1. The van der Waals surface area contributed by atoms with Crippen LogP contribution in [0.2, 0.25) is 0 Å². The van der Waals surface area contributed by atoms with Crippen LogP contribution in [0.5, 0.6) is 0 Å². The van der Waals surface area contributed by atoms with E-state index >= 15 is 0 Å². The van der Waals surface area contributed by atoms with E-state index in [1.165, 1.54) is 20.7 Å². The van der Waals surface area contributed by atoms with Crippen molar-refractivity contribution in [2.45, 2.75) is 35.9 Å². The molecule has 2 aliphatic rings. The van der Waals surface area contributed by atoms with Crippen LogP contribution in [-0.2, 0) is 19.7 Å². The summed E-state index contributed by atoms with van der Waals surface area (Å²) in [6.07, 6.45) is 3.10. The molecule has 8 heteroatoms. The topological polar surface area (TPSA) is 66.9 Å².